The molecule has 0 aliphatic heterocycles. The van der Waals surface area contributed by atoms with E-state index in [4.69, 9.17) is 0 Å². The molecule has 67 valence electrons. The normalized spacial score (nSPS) is 10.8. The molecule has 1 aromatic heterocycles. The predicted octanol–water partition coefficient (Wildman–Crippen LogP) is 3.32. The molecule has 1 heteroatoms. The van der Waals surface area contributed by atoms with Gasteiger partial charge in [0.25, 0.3) is 0 Å². The molecule has 0 bridgehead atoms. The Morgan fingerprint density at radius 2 is 2.08 bits per heavy atom. The monoisotopic (exact) mass is 172 g/mol. The standard InChI is InChI=1S/C12H14N/c1-2-3-7-11-9-10-6-4-5-8-12(10)13-11/h4-6,8-9,13H,1-3,7H2. The zero-order valence-corrected chi connectivity index (χ0v) is 7.72. The number of hydrogen-bond acceptors (Lipinski definition) is 0. The Morgan fingerprint density at radius 3 is 2.85 bits per heavy atom. The molecular weight excluding hydrogens is 158 g/mol. The summed E-state index contributed by atoms with van der Waals surface area (Å²) in [6.07, 6.45) is 3.28. The first kappa shape index (κ1) is 8.36. The van der Waals surface area contributed by atoms with Gasteiger partial charge in [-0.25, -0.2) is 0 Å². The van der Waals surface area contributed by atoms with E-state index in [2.05, 4.69) is 42.2 Å². The van der Waals surface area contributed by atoms with Crippen molar-refractivity contribution < 1.29 is 0 Å². The van der Waals surface area contributed by atoms with Gasteiger partial charge in [0.15, 0.2) is 0 Å². The van der Waals surface area contributed by atoms with Gasteiger partial charge < -0.3 is 4.98 Å². The summed E-state index contributed by atoms with van der Waals surface area (Å²) in [5.41, 5.74) is 2.56. The summed E-state index contributed by atoms with van der Waals surface area (Å²) in [4.78, 5) is 3.40. The molecule has 0 atom stereocenters. The maximum atomic E-state index is 3.84. The van der Waals surface area contributed by atoms with E-state index < -0.39 is 0 Å². The number of benzene rings is 1. The van der Waals surface area contributed by atoms with E-state index in [1.807, 2.05) is 0 Å². The molecule has 1 aromatic carbocycles. The van der Waals surface area contributed by atoms with Gasteiger partial charge >= 0.3 is 0 Å². The number of aromatic nitrogens is 1. The molecule has 1 heterocycles. The second-order valence-corrected chi connectivity index (χ2v) is 3.34. The van der Waals surface area contributed by atoms with Gasteiger partial charge in [0.05, 0.1) is 0 Å². The van der Waals surface area contributed by atoms with E-state index in [0.29, 0.717) is 0 Å². The highest BCUT2D eigenvalue weighted by atomic mass is 14.7. The lowest BCUT2D eigenvalue weighted by Crippen LogP contribution is -1.82. The van der Waals surface area contributed by atoms with Gasteiger partial charge in [0.2, 0.25) is 0 Å². The smallest absolute Gasteiger partial charge is 0.0456 e. The predicted molar refractivity (Wildman–Crippen MR) is 56.6 cm³/mol. The largest absolute Gasteiger partial charge is 0.358 e. The molecular formula is C12H14N. The van der Waals surface area contributed by atoms with Crippen molar-refractivity contribution in [3.8, 4) is 0 Å². The third-order valence-electron chi connectivity index (χ3n) is 2.28. The van der Waals surface area contributed by atoms with Crippen LogP contribution in [-0.2, 0) is 6.42 Å². The number of nitrogens with one attached hydrogen (secondary N) is 1. The fourth-order valence-electron chi connectivity index (χ4n) is 1.58. The lowest BCUT2D eigenvalue weighted by atomic mass is 10.2. The van der Waals surface area contributed by atoms with E-state index in [9.17, 15) is 0 Å². The van der Waals surface area contributed by atoms with Crippen molar-refractivity contribution in [3.05, 3.63) is 42.9 Å². The van der Waals surface area contributed by atoms with Crippen LogP contribution >= 0.6 is 0 Å². The Labute approximate surface area is 78.8 Å². The first-order chi connectivity index (χ1) is 6.40. The molecule has 0 unspecified atom stereocenters. The number of rotatable bonds is 3. The second-order valence-electron chi connectivity index (χ2n) is 3.34. The van der Waals surface area contributed by atoms with Crippen LogP contribution in [0.1, 0.15) is 18.5 Å². The maximum Gasteiger partial charge on any atom is 0.0456 e. The summed E-state index contributed by atoms with van der Waals surface area (Å²) in [6.45, 7) is 3.84. The second kappa shape index (κ2) is 3.65. The Kier molecular flexibility index (Phi) is 2.35. The van der Waals surface area contributed by atoms with Crippen molar-refractivity contribution in [2.45, 2.75) is 19.3 Å². The minimum Gasteiger partial charge on any atom is -0.358 e. The van der Waals surface area contributed by atoms with Crippen molar-refractivity contribution in [3.63, 3.8) is 0 Å². The van der Waals surface area contributed by atoms with Gasteiger partial charge in [-0.3, -0.25) is 0 Å². The van der Waals surface area contributed by atoms with E-state index in [0.717, 1.165) is 19.3 Å². The van der Waals surface area contributed by atoms with Crippen LogP contribution in [-0.4, -0.2) is 4.98 Å². The van der Waals surface area contributed by atoms with Crippen LogP contribution in [0.25, 0.3) is 10.9 Å². The molecule has 0 fully saturated rings. The minimum absolute atomic E-state index is 1.01. The van der Waals surface area contributed by atoms with Gasteiger partial charge in [-0.2, -0.15) is 0 Å². The molecule has 0 amide bonds. The first-order valence-electron chi connectivity index (χ1n) is 4.76. The number of fused-ring (bicyclic) bond motifs is 1. The number of hydrogen-bond donors (Lipinski definition) is 1. The molecule has 1 nitrogen and oxygen atoms in total. The summed E-state index contributed by atoms with van der Waals surface area (Å²) in [7, 11) is 0. The SMILES string of the molecule is [CH2]CCCc1cc2ccccc2[nH]1. The Hall–Kier alpha value is -1.24. The number of para-hydroxylation sites is 1. The molecule has 1 N–H and O–H groups in total. The van der Waals surface area contributed by atoms with Gasteiger partial charge in [0, 0.05) is 11.2 Å². The quantitative estimate of drug-likeness (QED) is 0.731. The average Bonchev–Trinajstić information content (AvgIpc) is 2.57. The van der Waals surface area contributed by atoms with E-state index in [1.54, 1.807) is 0 Å². The minimum atomic E-state index is 1.01. The molecule has 13 heavy (non-hydrogen) atoms. The zero-order valence-electron chi connectivity index (χ0n) is 7.72. The van der Waals surface area contributed by atoms with Gasteiger partial charge in [-0.1, -0.05) is 31.5 Å². The summed E-state index contributed by atoms with van der Waals surface area (Å²) in [5, 5.41) is 1.31. The summed E-state index contributed by atoms with van der Waals surface area (Å²) in [5.74, 6) is 0. The molecule has 1 radical (unpaired) electrons. The van der Waals surface area contributed by atoms with Crippen LogP contribution in [0.5, 0.6) is 0 Å². The van der Waals surface area contributed by atoms with Gasteiger partial charge in [-0.15, -0.1) is 0 Å². The fraction of sp³-hybridized carbons (Fsp3) is 0.250. The molecule has 2 aromatic rings. The number of unbranched alkanes of at least 4 members (excludes halogenated alkanes) is 1. The Morgan fingerprint density at radius 1 is 1.23 bits per heavy atom. The van der Waals surface area contributed by atoms with Crippen LogP contribution < -0.4 is 0 Å². The lowest BCUT2D eigenvalue weighted by Gasteiger charge is -1.92. The van der Waals surface area contributed by atoms with Crippen molar-refractivity contribution in [1.82, 2.24) is 4.98 Å². The average molecular weight is 172 g/mol. The van der Waals surface area contributed by atoms with Crippen molar-refractivity contribution in [1.29, 1.82) is 0 Å². The number of H-pyrrole nitrogens is 1. The zero-order chi connectivity index (χ0) is 9.10. The van der Waals surface area contributed by atoms with Crippen LogP contribution in [0.3, 0.4) is 0 Å². The van der Waals surface area contributed by atoms with E-state index >= 15 is 0 Å². The van der Waals surface area contributed by atoms with Crippen LogP contribution in [0, 0.1) is 6.92 Å². The third kappa shape index (κ3) is 1.74. The summed E-state index contributed by atoms with van der Waals surface area (Å²) >= 11 is 0. The Balaban J connectivity index is 2.28. The molecule has 0 spiro atoms. The van der Waals surface area contributed by atoms with Gasteiger partial charge in [-0.05, 0) is 30.4 Å². The number of aromatic amines is 1. The lowest BCUT2D eigenvalue weighted by molar-refractivity contribution is 0.824. The molecule has 2 rings (SSSR count). The van der Waals surface area contributed by atoms with Crippen molar-refractivity contribution in [2.75, 3.05) is 0 Å². The molecule has 0 saturated carbocycles. The van der Waals surface area contributed by atoms with Crippen molar-refractivity contribution in [2.24, 2.45) is 0 Å². The topological polar surface area (TPSA) is 15.8 Å². The third-order valence-corrected chi connectivity index (χ3v) is 2.28. The van der Waals surface area contributed by atoms with E-state index in [1.165, 1.54) is 16.6 Å². The van der Waals surface area contributed by atoms with Crippen LogP contribution in [0.4, 0.5) is 0 Å². The first-order valence-corrected chi connectivity index (χ1v) is 4.76. The molecule has 0 aliphatic rings. The van der Waals surface area contributed by atoms with Crippen LogP contribution in [0.15, 0.2) is 30.3 Å². The van der Waals surface area contributed by atoms with Crippen LogP contribution in [0.2, 0.25) is 0 Å². The highest BCUT2D eigenvalue weighted by molar-refractivity contribution is 5.80. The highest BCUT2D eigenvalue weighted by Gasteiger charge is 1.98. The molecule has 0 saturated heterocycles. The maximum absolute atomic E-state index is 3.84. The van der Waals surface area contributed by atoms with E-state index in [-0.39, 0.29) is 0 Å². The fourth-order valence-corrected chi connectivity index (χ4v) is 1.58. The summed E-state index contributed by atoms with van der Waals surface area (Å²) in [6, 6.07) is 10.6. The highest BCUT2D eigenvalue weighted by Crippen LogP contribution is 2.15. The Bertz CT molecular complexity index is 354. The van der Waals surface area contributed by atoms with Gasteiger partial charge in [0.1, 0.15) is 0 Å². The number of aryl methyl sites for hydroxylation is 1. The van der Waals surface area contributed by atoms with Crippen molar-refractivity contribution >= 4 is 10.9 Å². The summed E-state index contributed by atoms with van der Waals surface area (Å²) < 4.78 is 0. The molecule has 0 aliphatic carbocycles.